The molecule has 0 spiro atoms. The van der Waals surface area contributed by atoms with Crippen LogP contribution in [0.4, 0.5) is 11.5 Å². The zero-order valence-electron chi connectivity index (χ0n) is 13.7. The molecule has 27 heavy (non-hydrogen) atoms. The summed E-state index contributed by atoms with van der Waals surface area (Å²) in [4.78, 5) is 12.3. The highest BCUT2D eigenvalue weighted by molar-refractivity contribution is 14.1. The Hall–Kier alpha value is -2.25. The molecule has 0 aliphatic heterocycles. The quantitative estimate of drug-likeness (QED) is 0.501. The summed E-state index contributed by atoms with van der Waals surface area (Å²) in [6, 6.07) is 8.51. The van der Waals surface area contributed by atoms with E-state index in [0.717, 1.165) is 0 Å². The van der Waals surface area contributed by atoms with Crippen molar-refractivity contribution in [3.05, 3.63) is 57.0 Å². The van der Waals surface area contributed by atoms with Gasteiger partial charge in [-0.15, -0.1) is 10.2 Å². The molecule has 2 heterocycles. The summed E-state index contributed by atoms with van der Waals surface area (Å²) < 4.78 is 29.3. The van der Waals surface area contributed by atoms with E-state index in [1.54, 1.807) is 13.2 Å². The number of nitrogens with one attached hydrogen (secondary N) is 2. The molecule has 3 rings (SSSR count). The van der Waals surface area contributed by atoms with Gasteiger partial charge in [-0.2, -0.15) is 5.10 Å². The zero-order valence-corrected chi connectivity index (χ0v) is 17.4. The third-order valence-corrected chi connectivity index (χ3v) is 5.65. The van der Waals surface area contributed by atoms with Gasteiger partial charge < -0.3 is 5.32 Å². The number of sulfonamides is 1. The van der Waals surface area contributed by atoms with Crippen LogP contribution in [0.25, 0.3) is 0 Å². The van der Waals surface area contributed by atoms with Crippen molar-refractivity contribution < 1.29 is 13.2 Å². The monoisotopic (exact) mass is 518 g/mol. The summed E-state index contributed by atoms with van der Waals surface area (Å²) in [6.45, 7) is 0. The Labute approximate surface area is 173 Å². The summed E-state index contributed by atoms with van der Waals surface area (Å²) in [7, 11) is -2.13. The van der Waals surface area contributed by atoms with Crippen LogP contribution >= 0.6 is 34.2 Å². The lowest BCUT2D eigenvalue weighted by atomic mass is 10.3. The lowest BCUT2D eigenvalue weighted by molar-refractivity contribution is 0.102. The molecule has 9 nitrogen and oxygen atoms in total. The highest BCUT2D eigenvalue weighted by Crippen LogP contribution is 2.18. The van der Waals surface area contributed by atoms with Crippen molar-refractivity contribution in [1.82, 2.24) is 20.0 Å². The fourth-order valence-electron chi connectivity index (χ4n) is 2.09. The number of benzene rings is 1. The predicted molar refractivity (Wildman–Crippen MR) is 108 cm³/mol. The molecule has 140 valence electrons. The number of hydrogen-bond acceptors (Lipinski definition) is 6. The molecule has 0 atom stereocenters. The highest BCUT2D eigenvalue weighted by Gasteiger charge is 2.17. The Morgan fingerprint density at radius 2 is 1.85 bits per heavy atom. The van der Waals surface area contributed by atoms with Crippen molar-refractivity contribution in [3.8, 4) is 0 Å². The van der Waals surface area contributed by atoms with Gasteiger partial charge in [-0.3, -0.25) is 14.2 Å². The summed E-state index contributed by atoms with van der Waals surface area (Å²) in [5, 5.41) is 14.1. The van der Waals surface area contributed by atoms with Crippen molar-refractivity contribution in [2.24, 2.45) is 7.05 Å². The van der Waals surface area contributed by atoms with Gasteiger partial charge in [-0.1, -0.05) is 11.6 Å². The molecule has 0 fully saturated rings. The first-order chi connectivity index (χ1) is 12.7. The summed E-state index contributed by atoms with van der Waals surface area (Å²) in [5.74, 6) is -0.341. The van der Waals surface area contributed by atoms with E-state index in [4.69, 9.17) is 11.6 Å². The minimum Gasteiger partial charge on any atom is -0.321 e. The van der Waals surface area contributed by atoms with Crippen LogP contribution in [0.2, 0.25) is 5.15 Å². The first-order valence-electron chi connectivity index (χ1n) is 7.37. The number of amides is 1. The summed E-state index contributed by atoms with van der Waals surface area (Å²) >= 11 is 7.64. The molecular weight excluding hydrogens is 507 g/mol. The fraction of sp³-hybridized carbons (Fsp3) is 0.0667. The van der Waals surface area contributed by atoms with Crippen LogP contribution in [-0.4, -0.2) is 34.3 Å². The first kappa shape index (κ1) is 19.5. The summed E-state index contributed by atoms with van der Waals surface area (Å²) in [6.07, 6.45) is 1.72. The van der Waals surface area contributed by atoms with Gasteiger partial charge >= 0.3 is 0 Å². The number of anilines is 2. The molecule has 2 aromatic heterocycles. The SMILES string of the molecule is Cn1cc(I)c(C(=O)Nc2ccc(S(=O)(=O)Nc3ccc(Cl)nn3)cc2)n1. The van der Waals surface area contributed by atoms with Crippen molar-refractivity contribution in [3.63, 3.8) is 0 Å². The van der Waals surface area contributed by atoms with Gasteiger partial charge in [-0.25, -0.2) is 8.42 Å². The Morgan fingerprint density at radius 1 is 1.15 bits per heavy atom. The van der Waals surface area contributed by atoms with Gasteiger partial charge in [0.05, 0.1) is 8.47 Å². The molecule has 0 bridgehead atoms. The number of aromatic nitrogens is 4. The highest BCUT2D eigenvalue weighted by atomic mass is 127. The molecule has 2 N–H and O–H groups in total. The van der Waals surface area contributed by atoms with E-state index in [1.165, 1.54) is 41.1 Å². The number of aryl methyl sites for hydroxylation is 1. The Kier molecular flexibility index (Phi) is 5.62. The molecule has 0 aliphatic carbocycles. The fourth-order valence-corrected chi connectivity index (χ4v) is 3.94. The maximum atomic E-state index is 12.4. The van der Waals surface area contributed by atoms with Gasteiger partial charge in [0.15, 0.2) is 16.7 Å². The van der Waals surface area contributed by atoms with Crippen molar-refractivity contribution in [2.45, 2.75) is 4.90 Å². The third kappa shape index (κ3) is 4.73. The molecule has 0 saturated heterocycles. The lowest BCUT2D eigenvalue weighted by Gasteiger charge is -2.08. The van der Waals surface area contributed by atoms with E-state index in [2.05, 4.69) is 25.3 Å². The average Bonchev–Trinajstić information content (AvgIpc) is 2.96. The van der Waals surface area contributed by atoms with Gasteiger partial charge in [0.1, 0.15) is 0 Å². The molecule has 0 radical (unpaired) electrons. The minimum absolute atomic E-state index is 0.00432. The number of carbonyl (C=O) groups excluding carboxylic acids is 1. The number of rotatable bonds is 5. The maximum absolute atomic E-state index is 12.4. The van der Waals surface area contributed by atoms with Crippen LogP contribution in [0.3, 0.4) is 0 Å². The van der Waals surface area contributed by atoms with Gasteiger partial charge in [-0.05, 0) is 59.0 Å². The third-order valence-electron chi connectivity index (χ3n) is 3.29. The largest absolute Gasteiger partial charge is 0.321 e. The Bertz CT molecular complexity index is 1080. The second kappa shape index (κ2) is 7.78. The van der Waals surface area contributed by atoms with Crippen molar-refractivity contribution in [2.75, 3.05) is 10.0 Å². The second-order valence-corrected chi connectivity index (χ2v) is 8.56. The maximum Gasteiger partial charge on any atom is 0.277 e. The number of carbonyl (C=O) groups is 1. The molecule has 0 aliphatic rings. The van der Waals surface area contributed by atoms with Crippen LogP contribution in [0, 0.1) is 3.57 Å². The molecule has 1 aromatic carbocycles. The summed E-state index contributed by atoms with van der Waals surface area (Å²) in [5.41, 5.74) is 0.726. The van der Waals surface area contributed by atoms with Gasteiger partial charge in [0.2, 0.25) is 0 Å². The van der Waals surface area contributed by atoms with E-state index >= 15 is 0 Å². The van der Waals surface area contributed by atoms with Gasteiger partial charge in [0.25, 0.3) is 15.9 Å². The Morgan fingerprint density at radius 3 is 2.41 bits per heavy atom. The molecule has 1 amide bonds. The van der Waals surface area contributed by atoms with Crippen molar-refractivity contribution >= 4 is 61.6 Å². The van der Waals surface area contributed by atoms with E-state index in [9.17, 15) is 13.2 Å². The molecule has 0 unspecified atom stereocenters. The van der Waals surface area contributed by atoms with E-state index < -0.39 is 10.0 Å². The standard InChI is InChI=1S/C15H12ClIN6O3S/c1-23-8-11(17)14(21-23)15(24)18-9-2-4-10(5-3-9)27(25,26)22-13-7-6-12(16)19-20-13/h2-8H,1H3,(H,18,24)(H,20,22). The lowest BCUT2D eigenvalue weighted by Crippen LogP contribution is -2.16. The topological polar surface area (TPSA) is 119 Å². The average molecular weight is 519 g/mol. The number of hydrogen-bond donors (Lipinski definition) is 2. The molecule has 0 saturated carbocycles. The van der Waals surface area contributed by atoms with Crippen LogP contribution < -0.4 is 10.0 Å². The van der Waals surface area contributed by atoms with E-state index in [1.807, 2.05) is 22.6 Å². The van der Waals surface area contributed by atoms with E-state index in [0.29, 0.717) is 9.26 Å². The van der Waals surface area contributed by atoms with Crippen LogP contribution in [-0.2, 0) is 17.1 Å². The van der Waals surface area contributed by atoms with E-state index in [-0.39, 0.29) is 27.5 Å². The smallest absolute Gasteiger partial charge is 0.277 e. The zero-order chi connectivity index (χ0) is 19.6. The minimum atomic E-state index is -3.85. The van der Waals surface area contributed by atoms with Crippen LogP contribution in [0.15, 0.2) is 47.5 Å². The van der Waals surface area contributed by atoms with Crippen LogP contribution in [0.5, 0.6) is 0 Å². The number of halogens is 2. The predicted octanol–water partition coefficient (Wildman–Crippen LogP) is 2.52. The molecular formula is C15H12ClIN6O3S. The molecule has 3 aromatic rings. The van der Waals surface area contributed by atoms with Crippen molar-refractivity contribution in [1.29, 1.82) is 0 Å². The van der Waals surface area contributed by atoms with Gasteiger partial charge in [0, 0.05) is 18.9 Å². The second-order valence-electron chi connectivity index (χ2n) is 5.32. The van der Waals surface area contributed by atoms with Crippen LogP contribution in [0.1, 0.15) is 10.5 Å². The Balaban J connectivity index is 1.73. The first-order valence-corrected chi connectivity index (χ1v) is 10.3. The normalized spacial score (nSPS) is 11.2. The number of nitrogens with zero attached hydrogens (tertiary/aromatic N) is 4. The molecule has 12 heteroatoms.